The molecule has 0 fully saturated rings. The maximum Gasteiger partial charge on any atom is 0.206 e. The minimum absolute atomic E-state index is 0.0153. The van der Waals surface area contributed by atoms with Crippen molar-refractivity contribution in [2.24, 2.45) is 0 Å². The number of halogens is 3. The largest absolute Gasteiger partial charge is 0.369 e. The Hall–Kier alpha value is -2.14. The highest BCUT2D eigenvalue weighted by Gasteiger charge is 2.16. The van der Waals surface area contributed by atoms with Crippen LogP contribution in [-0.2, 0) is 0 Å². The first-order valence-electron chi connectivity index (χ1n) is 5.87. The topological polar surface area (TPSA) is 43.8 Å². The molecule has 0 saturated carbocycles. The molecule has 102 valence electrons. The van der Waals surface area contributed by atoms with Gasteiger partial charge in [-0.15, -0.1) is 0 Å². The SMILES string of the molecule is Cc1ccc(Cl)c(-n2c(N)nc3c(F)cc(F)cc32)c1. The van der Waals surface area contributed by atoms with Crippen molar-refractivity contribution in [2.45, 2.75) is 6.92 Å². The molecule has 0 unspecified atom stereocenters. The first-order valence-corrected chi connectivity index (χ1v) is 6.24. The van der Waals surface area contributed by atoms with E-state index in [2.05, 4.69) is 4.98 Å². The molecule has 1 heterocycles. The summed E-state index contributed by atoms with van der Waals surface area (Å²) in [5, 5.41) is 0.422. The Morgan fingerprint density at radius 1 is 1.20 bits per heavy atom. The van der Waals surface area contributed by atoms with Gasteiger partial charge in [-0.3, -0.25) is 4.57 Å². The number of nitrogens with zero attached hydrogens (tertiary/aromatic N) is 2. The molecule has 0 spiro atoms. The van der Waals surface area contributed by atoms with Gasteiger partial charge in [0.05, 0.1) is 16.2 Å². The number of nitrogens with two attached hydrogens (primary N) is 1. The van der Waals surface area contributed by atoms with Crippen molar-refractivity contribution in [3.63, 3.8) is 0 Å². The Kier molecular flexibility index (Phi) is 2.87. The molecule has 6 heteroatoms. The molecule has 0 aliphatic heterocycles. The maximum absolute atomic E-state index is 13.7. The van der Waals surface area contributed by atoms with Crippen molar-refractivity contribution >= 4 is 28.6 Å². The lowest BCUT2D eigenvalue weighted by Gasteiger charge is -2.09. The molecule has 0 aliphatic carbocycles. The molecule has 2 aromatic carbocycles. The minimum Gasteiger partial charge on any atom is -0.369 e. The van der Waals surface area contributed by atoms with Crippen molar-refractivity contribution in [3.8, 4) is 5.69 Å². The van der Waals surface area contributed by atoms with Crippen LogP contribution >= 0.6 is 11.6 Å². The molecule has 20 heavy (non-hydrogen) atoms. The molecular weight excluding hydrogens is 284 g/mol. The minimum atomic E-state index is -0.755. The van der Waals surface area contributed by atoms with E-state index in [4.69, 9.17) is 17.3 Å². The fourth-order valence-electron chi connectivity index (χ4n) is 2.17. The van der Waals surface area contributed by atoms with Crippen LogP contribution in [0.5, 0.6) is 0 Å². The predicted molar refractivity (Wildman–Crippen MR) is 75.1 cm³/mol. The van der Waals surface area contributed by atoms with Crippen LogP contribution in [0.15, 0.2) is 30.3 Å². The van der Waals surface area contributed by atoms with E-state index in [0.29, 0.717) is 10.7 Å². The van der Waals surface area contributed by atoms with Gasteiger partial charge in [0, 0.05) is 12.1 Å². The summed E-state index contributed by atoms with van der Waals surface area (Å²) in [6.07, 6.45) is 0. The molecule has 0 atom stereocenters. The summed E-state index contributed by atoms with van der Waals surface area (Å²) in [6, 6.07) is 7.27. The molecule has 0 aliphatic rings. The first-order chi connectivity index (χ1) is 9.47. The van der Waals surface area contributed by atoms with Gasteiger partial charge < -0.3 is 5.73 Å². The Morgan fingerprint density at radius 3 is 2.70 bits per heavy atom. The van der Waals surface area contributed by atoms with E-state index in [9.17, 15) is 8.78 Å². The number of hydrogen-bond acceptors (Lipinski definition) is 2. The fraction of sp³-hybridized carbons (Fsp3) is 0.0714. The van der Waals surface area contributed by atoms with Crippen LogP contribution in [-0.4, -0.2) is 9.55 Å². The first kappa shape index (κ1) is 12.9. The summed E-state index contributed by atoms with van der Waals surface area (Å²) in [4.78, 5) is 3.94. The lowest BCUT2D eigenvalue weighted by Crippen LogP contribution is -2.01. The van der Waals surface area contributed by atoms with Crippen LogP contribution in [0.4, 0.5) is 14.7 Å². The highest BCUT2D eigenvalue weighted by atomic mass is 35.5. The van der Waals surface area contributed by atoms with Crippen LogP contribution in [0, 0.1) is 18.6 Å². The molecule has 1 aromatic heterocycles. The quantitative estimate of drug-likeness (QED) is 0.740. The van der Waals surface area contributed by atoms with E-state index >= 15 is 0 Å². The van der Waals surface area contributed by atoms with Gasteiger partial charge in [0.2, 0.25) is 5.95 Å². The molecule has 3 rings (SSSR count). The number of benzene rings is 2. The summed E-state index contributed by atoms with van der Waals surface area (Å²) >= 11 is 6.15. The number of hydrogen-bond donors (Lipinski definition) is 1. The van der Waals surface area contributed by atoms with Gasteiger partial charge >= 0.3 is 0 Å². The highest BCUT2D eigenvalue weighted by molar-refractivity contribution is 6.32. The van der Waals surface area contributed by atoms with Crippen LogP contribution in [0.1, 0.15) is 5.56 Å². The number of rotatable bonds is 1. The van der Waals surface area contributed by atoms with Crippen molar-refractivity contribution < 1.29 is 8.78 Å². The Morgan fingerprint density at radius 2 is 1.95 bits per heavy atom. The van der Waals surface area contributed by atoms with Crippen LogP contribution < -0.4 is 5.73 Å². The van der Waals surface area contributed by atoms with E-state index in [-0.39, 0.29) is 17.0 Å². The highest BCUT2D eigenvalue weighted by Crippen LogP contribution is 2.30. The predicted octanol–water partition coefficient (Wildman–Crippen LogP) is 3.85. The molecule has 0 radical (unpaired) electrons. The van der Waals surface area contributed by atoms with E-state index < -0.39 is 11.6 Å². The summed E-state index contributed by atoms with van der Waals surface area (Å²) in [5.41, 5.74) is 7.57. The van der Waals surface area contributed by atoms with Crippen LogP contribution in [0.2, 0.25) is 5.02 Å². The van der Waals surface area contributed by atoms with Gasteiger partial charge in [-0.1, -0.05) is 17.7 Å². The molecule has 0 bridgehead atoms. The standard InChI is InChI=1S/C14H10ClF2N3/c1-7-2-3-9(15)11(4-7)20-12-6-8(16)5-10(17)13(12)19-14(20)18/h2-6H,1H3,(H2,18,19). The lowest BCUT2D eigenvalue weighted by molar-refractivity contribution is 0.590. The average Bonchev–Trinajstić information content (AvgIpc) is 2.69. The Bertz CT molecular complexity index is 827. The average molecular weight is 294 g/mol. The zero-order valence-electron chi connectivity index (χ0n) is 10.5. The lowest BCUT2D eigenvalue weighted by atomic mass is 10.2. The second-order valence-electron chi connectivity index (χ2n) is 4.52. The Balaban J connectivity index is 2.42. The summed E-state index contributed by atoms with van der Waals surface area (Å²) in [5.74, 6) is -1.40. The monoisotopic (exact) mass is 293 g/mol. The third-order valence-corrected chi connectivity index (χ3v) is 3.37. The van der Waals surface area contributed by atoms with E-state index in [1.165, 1.54) is 10.6 Å². The zero-order valence-corrected chi connectivity index (χ0v) is 11.2. The number of anilines is 1. The van der Waals surface area contributed by atoms with Crippen molar-refractivity contribution in [1.29, 1.82) is 0 Å². The molecule has 0 amide bonds. The van der Waals surface area contributed by atoms with Gasteiger partial charge in [0.25, 0.3) is 0 Å². The summed E-state index contributed by atoms with van der Waals surface area (Å²) in [7, 11) is 0. The molecule has 0 saturated heterocycles. The molecule has 3 nitrogen and oxygen atoms in total. The second kappa shape index (κ2) is 4.45. The smallest absolute Gasteiger partial charge is 0.206 e. The zero-order chi connectivity index (χ0) is 14.4. The van der Waals surface area contributed by atoms with Gasteiger partial charge in [0.15, 0.2) is 5.82 Å². The summed E-state index contributed by atoms with van der Waals surface area (Å²) in [6.45, 7) is 1.89. The number of imidazole rings is 1. The number of aromatic nitrogens is 2. The number of fused-ring (bicyclic) bond motifs is 1. The summed E-state index contributed by atoms with van der Waals surface area (Å²) < 4.78 is 28.6. The second-order valence-corrected chi connectivity index (χ2v) is 4.92. The van der Waals surface area contributed by atoms with E-state index in [1.807, 2.05) is 13.0 Å². The number of aryl methyl sites for hydroxylation is 1. The third-order valence-electron chi connectivity index (χ3n) is 3.05. The number of nitrogen functional groups attached to an aromatic ring is 1. The van der Waals surface area contributed by atoms with Gasteiger partial charge in [-0.05, 0) is 24.6 Å². The molecule has 3 aromatic rings. The fourth-order valence-corrected chi connectivity index (χ4v) is 2.37. The molecule has 2 N–H and O–H groups in total. The van der Waals surface area contributed by atoms with Crippen LogP contribution in [0.3, 0.4) is 0 Å². The van der Waals surface area contributed by atoms with E-state index in [1.54, 1.807) is 12.1 Å². The maximum atomic E-state index is 13.7. The van der Waals surface area contributed by atoms with Crippen molar-refractivity contribution in [2.75, 3.05) is 5.73 Å². The van der Waals surface area contributed by atoms with Crippen molar-refractivity contribution in [3.05, 3.63) is 52.6 Å². The molecular formula is C14H10ClF2N3. The van der Waals surface area contributed by atoms with Gasteiger partial charge in [-0.2, -0.15) is 0 Å². The normalized spacial score (nSPS) is 11.2. The van der Waals surface area contributed by atoms with Gasteiger partial charge in [0.1, 0.15) is 11.3 Å². The third kappa shape index (κ3) is 1.91. The van der Waals surface area contributed by atoms with Crippen molar-refractivity contribution in [1.82, 2.24) is 9.55 Å². The van der Waals surface area contributed by atoms with Crippen LogP contribution in [0.25, 0.3) is 16.7 Å². The Labute approximate surface area is 118 Å². The van der Waals surface area contributed by atoms with E-state index in [0.717, 1.165) is 11.6 Å². The van der Waals surface area contributed by atoms with Gasteiger partial charge in [-0.25, -0.2) is 13.8 Å².